The van der Waals surface area contributed by atoms with Gasteiger partial charge in [-0.2, -0.15) is 13.2 Å². The van der Waals surface area contributed by atoms with Gasteiger partial charge in [-0.15, -0.1) is 0 Å². The van der Waals surface area contributed by atoms with E-state index in [1.807, 2.05) is 0 Å². The maximum Gasteiger partial charge on any atom is 0.416 e. The lowest BCUT2D eigenvalue weighted by Gasteiger charge is -2.29. The molecule has 1 aliphatic rings. The Balaban J connectivity index is 1.65. The van der Waals surface area contributed by atoms with Crippen LogP contribution in [0, 0.1) is 17.6 Å². The number of halogens is 5. The lowest BCUT2D eigenvalue weighted by Crippen LogP contribution is -2.32. The molecule has 0 spiro atoms. The summed E-state index contributed by atoms with van der Waals surface area (Å²) < 4.78 is 78.3. The minimum absolute atomic E-state index is 0.0560. The quantitative estimate of drug-likeness (QED) is 0.511. The highest BCUT2D eigenvalue weighted by Crippen LogP contribution is 2.33. The van der Waals surface area contributed by atoms with Crippen LogP contribution in [0.25, 0.3) is 11.1 Å². The molecule has 0 atom stereocenters. The van der Waals surface area contributed by atoms with Crippen LogP contribution in [-0.4, -0.2) is 19.5 Å². The first-order valence-corrected chi connectivity index (χ1v) is 9.66. The van der Waals surface area contributed by atoms with Crippen LogP contribution in [-0.2, 0) is 22.1 Å². The average Bonchev–Trinajstić information content (AvgIpc) is 2.67. The van der Waals surface area contributed by atoms with Gasteiger partial charge in [0, 0.05) is 12.3 Å². The van der Waals surface area contributed by atoms with E-state index in [1.54, 1.807) is 0 Å². The third kappa shape index (κ3) is 5.54. The smallest absolute Gasteiger partial charge is 0.352 e. The molecule has 158 valence electrons. The molecule has 0 aliphatic carbocycles. The molecular weight excluding hydrogens is 391 g/mol. The Morgan fingerprint density at radius 3 is 2.03 bits per heavy atom. The Hall–Kier alpha value is -1.99. The molecule has 2 aromatic rings. The van der Waals surface area contributed by atoms with Gasteiger partial charge in [-0.1, -0.05) is 25.5 Å². The molecule has 0 radical (unpaired) electrons. The fourth-order valence-corrected chi connectivity index (χ4v) is 3.48. The zero-order chi connectivity index (χ0) is 21.0. The highest BCUT2D eigenvalue weighted by molar-refractivity contribution is 5.65. The predicted octanol–water partition coefficient (Wildman–Crippen LogP) is 6.37. The van der Waals surface area contributed by atoms with Crippen molar-refractivity contribution in [3.05, 3.63) is 59.2 Å². The third-order valence-corrected chi connectivity index (χ3v) is 5.00. The van der Waals surface area contributed by atoms with E-state index in [4.69, 9.17) is 9.47 Å². The molecule has 1 heterocycles. The minimum atomic E-state index is -4.50. The van der Waals surface area contributed by atoms with Crippen LogP contribution in [0.15, 0.2) is 36.4 Å². The average molecular weight is 414 g/mol. The summed E-state index contributed by atoms with van der Waals surface area (Å²) in [5, 5.41) is 0. The van der Waals surface area contributed by atoms with Gasteiger partial charge < -0.3 is 9.47 Å². The van der Waals surface area contributed by atoms with Gasteiger partial charge in [0.25, 0.3) is 0 Å². The monoisotopic (exact) mass is 414 g/mol. The Labute approximate surface area is 166 Å². The molecule has 0 bridgehead atoms. The van der Waals surface area contributed by atoms with Gasteiger partial charge in [0.15, 0.2) is 6.29 Å². The predicted molar refractivity (Wildman–Crippen MR) is 99.2 cm³/mol. The second kappa shape index (κ2) is 9.22. The summed E-state index contributed by atoms with van der Waals surface area (Å²) in [6, 6.07) is 6.18. The molecule has 29 heavy (non-hydrogen) atoms. The van der Waals surface area contributed by atoms with E-state index < -0.39 is 29.7 Å². The first-order valence-electron chi connectivity index (χ1n) is 9.66. The van der Waals surface area contributed by atoms with Crippen molar-refractivity contribution in [3.8, 4) is 11.1 Å². The number of hydrogen-bond acceptors (Lipinski definition) is 2. The Kier molecular flexibility index (Phi) is 6.90. The van der Waals surface area contributed by atoms with Crippen LogP contribution in [0.4, 0.5) is 22.0 Å². The molecule has 1 aliphatic heterocycles. The molecule has 1 saturated heterocycles. The van der Waals surface area contributed by atoms with Crippen LogP contribution in [0.3, 0.4) is 0 Å². The maximum atomic E-state index is 14.5. The summed E-state index contributed by atoms with van der Waals surface area (Å²) in [5.41, 5.74) is -0.707. The number of rotatable bonds is 6. The molecule has 2 aromatic carbocycles. The van der Waals surface area contributed by atoms with Gasteiger partial charge in [-0.3, -0.25) is 0 Å². The standard InChI is InChI=1S/C22H23F5O2/c1-2-3-15-12-28-20(29-13-15)9-4-14-10-18(23)21(19(24)11-14)16-5-7-17(8-6-16)22(25,26)27/h5-8,10-11,15,20H,2-4,9,12-13H2,1H3. The number of alkyl halides is 3. The fourth-order valence-electron chi connectivity index (χ4n) is 3.48. The fraction of sp³-hybridized carbons (Fsp3) is 0.455. The number of benzene rings is 2. The molecule has 2 nitrogen and oxygen atoms in total. The van der Waals surface area contributed by atoms with E-state index in [9.17, 15) is 22.0 Å². The van der Waals surface area contributed by atoms with E-state index in [2.05, 4.69) is 6.92 Å². The first kappa shape index (κ1) is 21.7. The lowest BCUT2D eigenvalue weighted by molar-refractivity contribution is -0.203. The number of aryl methyl sites for hydroxylation is 1. The van der Waals surface area contributed by atoms with Crippen molar-refractivity contribution in [2.45, 2.75) is 45.1 Å². The van der Waals surface area contributed by atoms with E-state index in [0.717, 1.165) is 37.1 Å². The molecule has 0 aromatic heterocycles. The van der Waals surface area contributed by atoms with Gasteiger partial charge in [0.05, 0.1) is 24.3 Å². The number of hydrogen-bond donors (Lipinski definition) is 0. The van der Waals surface area contributed by atoms with Gasteiger partial charge in [-0.05, 0) is 48.2 Å². The summed E-state index contributed by atoms with van der Waals surface area (Å²) in [7, 11) is 0. The summed E-state index contributed by atoms with van der Waals surface area (Å²) in [6.07, 6.45) is -1.97. The first-order chi connectivity index (χ1) is 13.8. The van der Waals surface area contributed by atoms with Crippen LogP contribution in [0.5, 0.6) is 0 Å². The van der Waals surface area contributed by atoms with Gasteiger partial charge in [-0.25, -0.2) is 8.78 Å². The van der Waals surface area contributed by atoms with E-state index in [0.29, 0.717) is 37.5 Å². The van der Waals surface area contributed by atoms with E-state index in [1.165, 1.54) is 12.1 Å². The van der Waals surface area contributed by atoms with Crippen molar-refractivity contribution in [2.75, 3.05) is 13.2 Å². The molecule has 1 fully saturated rings. The van der Waals surface area contributed by atoms with Crippen LogP contribution < -0.4 is 0 Å². The van der Waals surface area contributed by atoms with Crippen molar-refractivity contribution in [3.63, 3.8) is 0 Å². The van der Waals surface area contributed by atoms with Crippen LogP contribution in [0.1, 0.15) is 37.3 Å². The van der Waals surface area contributed by atoms with Crippen molar-refractivity contribution in [1.82, 2.24) is 0 Å². The summed E-state index contributed by atoms with van der Waals surface area (Å²) in [6.45, 7) is 3.34. The van der Waals surface area contributed by atoms with Crippen molar-refractivity contribution in [1.29, 1.82) is 0 Å². The minimum Gasteiger partial charge on any atom is -0.352 e. The molecule has 0 amide bonds. The Morgan fingerprint density at radius 2 is 1.52 bits per heavy atom. The summed E-state index contributed by atoms with van der Waals surface area (Å²) in [4.78, 5) is 0. The topological polar surface area (TPSA) is 18.5 Å². The van der Waals surface area contributed by atoms with Crippen molar-refractivity contribution < 1.29 is 31.4 Å². The largest absolute Gasteiger partial charge is 0.416 e. The van der Waals surface area contributed by atoms with Crippen molar-refractivity contribution >= 4 is 0 Å². The second-order valence-corrected chi connectivity index (χ2v) is 7.30. The highest BCUT2D eigenvalue weighted by atomic mass is 19.4. The molecule has 0 N–H and O–H groups in total. The normalized spacial score (nSPS) is 20.1. The zero-order valence-electron chi connectivity index (χ0n) is 16.1. The van der Waals surface area contributed by atoms with Crippen LogP contribution in [0.2, 0.25) is 0 Å². The van der Waals surface area contributed by atoms with Crippen LogP contribution >= 0.6 is 0 Å². The zero-order valence-corrected chi connectivity index (χ0v) is 16.1. The molecule has 0 unspecified atom stereocenters. The van der Waals surface area contributed by atoms with Gasteiger partial charge in [0.2, 0.25) is 0 Å². The number of ether oxygens (including phenoxy) is 2. The second-order valence-electron chi connectivity index (χ2n) is 7.30. The third-order valence-electron chi connectivity index (χ3n) is 5.00. The van der Waals surface area contributed by atoms with Crippen molar-refractivity contribution in [2.24, 2.45) is 5.92 Å². The molecular formula is C22H23F5O2. The molecule has 7 heteroatoms. The molecule has 0 saturated carbocycles. The Morgan fingerprint density at radius 1 is 0.931 bits per heavy atom. The molecule has 3 rings (SSSR count). The summed E-state index contributed by atoms with van der Waals surface area (Å²) >= 11 is 0. The SMILES string of the molecule is CCCC1COC(CCc2cc(F)c(-c3ccc(C(F)(F)F)cc3)c(F)c2)OC1. The highest BCUT2D eigenvalue weighted by Gasteiger charge is 2.30. The maximum absolute atomic E-state index is 14.5. The lowest BCUT2D eigenvalue weighted by atomic mass is 9.99. The van der Waals surface area contributed by atoms with Gasteiger partial charge in [0.1, 0.15) is 11.6 Å². The van der Waals surface area contributed by atoms with Gasteiger partial charge >= 0.3 is 6.18 Å². The van der Waals surface area contributed by atoms with E-state index in [-0.39, 0.29) is 11.1 Å². The van der Waals surface area contributed by atoms with E-state index >= 15 is 0 Å². The summed E-state index contributed by atoms with van der Waals surface area (Å²) in [5.74, 6) is -1.24. The Bertz CT molecular complexity index is 786.